The number of aromatic amines is 2. The highest BCUT2D eigenvalue weighted by Gasteiger charge is 2.34. The molecule has 2 aliphatic heterocycles. The van der Waals surface area contributed by atoms with E-state index in [-0.39, 0.29) is 11.3 Å². The van der Waals surface area contributed by atoms with E-state index in [1.54, 1.807) is 0 Å². The van der Waals surface area contributed by atoms with Crippen molar-refractivity contribution in [2.75, 3.05) is 36.5 Å². The van der Waals surface area contributed by atoms with Crippen molar-refractivity contribution < 1.29 is 14.3 Å². The van der Waals surface area contributed by atoms with Crippen LogP contribution < -0.4 is 21.0 Å². The number of ether oxygens (including phenoxy) is 1. The SMILES string of the molecule is COC(=O)C1CN(c2cc(C(C)C)ccc2C)CCC1=O.Cc1ccc(C(C)C)cc1N1CCc2[nH]c(=O)[nH]c(=O)c2C1. The zero-order valence-corrected chi connectivity index (χ0v) is 26.4. The average molecular weight is 589 g/mol. The number of ketones is 1. The number of nitrogens with zero attached hydrogens (tertiary/aromatic N) is 2. The molecule has 0 bridgehead atoms. The van der Waals surface area contributed by atoms with Crippen LogP contribution in [0.25, 0.3) is 0 Å². The number of methoxy groups -OCH3 is 1. The summed E-state index contributed by atoms with van der Waals surface area (Å²) in [6.07, 6.45) is 1.07. The zero-order valence-electron chi connectivity index (χ0n) is 26.4. The minimum absolute atomic E-state index is 0.0178. The number of aromatic nitrogens is 2. The number of piperidine rings is 1. The van der Waals surface area contributed by atoms with E-state index in [0.29, 0.717) is 49.9 Å². The Kier molecular flexibility index (Phi) is 9.94. The second kappa shape index (κ2) is 13.4. The predicted octanol–water partition coefficient (Wildman–Crippen LogP) is 4.74. The summed E-state index contributed by atoms with van der Waals surface area (Å²) in [5.41, 5.74) is 7.94. The highest BCUT2D eigenvalue weighted by molar-refractivity contribution is 6.00. The van der Waals surface area contributed by atoms with Gasteiger partial charge >= 0.3 is 11.7 Å². The Morgan fingerprint density at radius 3 is 1.95 bits per heavy atom. The van der Waals surface area contributed by atoms with Crippen molar-refractivity contribution in [3.8, 4) is 0 Å². The molecule has 5 rings (SSSR count). The molecule has 0 amide bonds. The lowest BCUT2D eigenvalue weighted by atomic mass is 9.94. The quantitative estimate of drug-likeness (QED) is 0.327. The van der Waals surface area contributed by atoms with Gasteiger partial charge in [0.2, 0.25) is 0 Å². The molecule has 1 unspecified atom stereocenters. The second-order valence-corrected chi connectivity index (χ2v) is 12.2. The number of carbonyl (C=O) groups excluding carboxylic acids is 2. The van der Waals surface area contributed by atoms with Crippen LogP contribution >= 0.6 is 0 Å². The van der Waals surface area contributed by atoms with Crippen LogP contribution in [0.1, 0.15) is 79.5 Å². The van der Waals surface area contributed by atoms with Crippen LogP contribution in [0.3, 0.4) is 0 Å². The highest BCUT2D eigenvalue weighted by atomic mass is 16.5. The van der Waals surface area contributed by atoms with Gasteiger partial charge in [-0.3, -0.25) is 19.4 Å². The van der Waals surface area contributed by atoms with Gasteiger partial charge in [-0.15, -0.1) is 0 Å². The molecule has 3 heterocycles. The van der Waals surface area contributed by atoms with E-state index >= 15 is 0 Å². The van der Waals surface area contributed by atoms with Crippen LogP contribution in [0.4, 0.5) is 11.4 Å². The van der Waals surface area contributed by atoms with E-state index < -0.39 is 17.6 Å². The van der Waals surface area contributed by atoms with Gasteiger partial charge in [-0.2, -0.15) is 0 Å². The van der Waals surface area contributed by atoms with Gasteiger partial charge in [-0.1, -0.05) is 52.0 Å². The van der Waals surface area contributed by atoms with Gasteiger partial charge in [0.25, 0.3) is 5.56 Å². The molecular weight excluding hydrogens is 544 g/mol. The molecule has 0 aliphatic carbocycles. The molecule has 9 nitrogen and oxygen atoms in total. The minimum atomic E-state index is -0.661. The summed E-state index contributed by atoms with van der Waals surface area (Å²) in [6, 6.07) is 12.9. The molecule has 43 heavy (non-hydrogen) atoms. The maximum absolute atomic E-state index is 12.0. The number of rotatable bonds is 5. The molecule has 2 aromatic carbocycles. The van der Waals surface area contributed by atoms with E-state index in [1.807, 2.05) is 0 Å². The molecule has 1 aromatic heterocycles. The first-order valence-corrected chi connectivity index (χ1v) is 15.1. The fraction of sp³-hybridized carbons (Fsp3) is 0.471. The van der Waals surface area contributed by atoms with Crippen molar-refractivity contribution >= 4 is 23.1 Å². The molecule has 230 valence electrons. The van der Waals surface area contributed by atoms with Crippen LogP contribution in [-0.4, -0.2) is 48.5 Å². The Morgan fingerprint density at radius 1 is 0.837 bits per heavy atom. The second-order valence-electron chi connectivity index (χ2n) is 12.2. The lowest BCUT2D eigenvalue weighted by Gasteiger charge is -2.33. The first-order valence-electron chi connectivity index (χ1n) is 15.1. The molecule has 1 saturated heterocycles. The number of anilines is 2. The van der Waals surface area contributed by atoms with Crippen molar-refractivity contribution in [3.05, 3.63) is 90.7 Å². The first-order chi connectivity index (χ1) is 20.4. The normalized spacial score (nSPS) is 16.6. The third kappa shape index (κ3) is 7.27. The number of hydrogen-bond acceptors (Lipinski definition) is 7. The molecule has 0 spiro atoms. The van der Waals surface area contributed by atoms with E-state index in [0.717, 1.165) is 23.5 Å². The molecule has 0 saturated carbocycles. The predicted molar refractivity (Wildman–Crippen MR) is 170 cm³/mol. The maximum Gasteiger partial charge on any atom is 0.325 e. The standard InChI is InChI=1S/C17H21N3O2.C17H23NO3/c1-10(2)12-5-4-11(3)15(8-12)20-7-6-14-13(9-20)16(21)19-17(22)18-14;1-11(2)13-6-5-12(3)15(9-13)18-8-7-16(19)14(10-18)17(20)21-4/h4-5,8,10H,6-7,9H2,1-3H3,(H2,18,19,21,22);5-6,9,11,14H,7-8,10H2,1-4H3. The van der Waals surface area contributed by atoms with E-state index in [4.69, 9.17) is 4.74 Å². The van der Waals surface area contributed by atoms with Crippen molar-refractivity contribution in [2.45, 2.75) is 72.8 Å². The largest absolute Gasteiger partial charge is 0.468 e. The minimum Gasteiger partial charge on any atom is -0.468 e. The zero-order chi connectivity index (χ0) is 31.4. The van der Waals surface area contributed by atoms with Gasteiger partial charge in [0.05, 0.1) is 19.2 Å². The molecule has 2 N–H and O–H groups in total. The molecule has 0 radical (unpaired) electrons. The van der Waals surface area contributed by atoms with Crippen molar-refractivity contribution in [3.63, 3.8) is 0 Å². The Hall–Kier alpha value is -4.14. The van der Waals surface area contributed by atoms with Gasteiger partial charge in [0, 0.05) is 49.5 Å². The Balaban J connectivity index is 0.000000197. The van der Waals surface area contributed by atoms with Crippen LogP contribution in [0.15, 0.2) is 46.0 Å². The number of H-pyrrole nitrogens is 2. The van der Waals surface area contributed by atoms with Crippen molar-refractivity contribution in [1.82, 2.24) is 9.97 Å². The lowest BCUT2D eigenvalue weighted by Crippen LogP contribution is -2.45. The highest BCUT2D eigenvalue weighted by Crippen LogP contribution is 2.30. The van der Waals surface area contributed by atoms with Crippen molar-refractivity contribution in [2.24, 2.45) is 5.92 Å². The number of Topliss-reactive ketones (excluding diaryl/α,β-unsaturated/α-hetero) is 1. The molecule has 2 aliphatic rings. The van der Waals surface area contributed by atoms with Crippen LogP contribution in [0, 0.1) is 19.8 Å². The monoisotopic (exact) mass is 588 g/mol. The van der Waals surface area contributed by atoms with E-state index in [9.17, 15) is 19.2 Å². The fourth-order valence-corrected chi connectivity index (χ4v) is 5.71. The Bertz CT molecular complexity index is 1590. The van der Waals surface area contributed by atoms with Gasteiger partial charge in [-0.25, -0.2) is 4.79 Å². The molecule has 9 heteroatoms. The topological polar surface area (TPSA) is 116 Å². The number of aryl methyl sites for hydroxylation is 2. The Morgan fingerprint density at radius 2 is 1.40 bits per heavy atom. The summed E-state index contributed by atoms with van der Waals surface area (Å²) in [6.45, 7) is 15.2. The van der Waals surface area contributed by atoms with Crippen molar-refractivity contribution in [1.29, 1.82) is 0 Å². The molecular formula is C34H44N4O5. The summed E-state index contributed by atoms with van der Waals surface area (Å²) in [7, 11) is 1.33. The van der Waals surface area contributed by atoms with E-state index in [2.05, 4.69) is 97.7 Å². The third-order valence-corrected chi connectivity index (χ3v) is 8.50. The summed E-state index contributed by atoms with van der Waals surface area (Å²) in [5, 5.41) is 0. The number of nitrogens with one attached hydrogen (secondary N) is 2. The fourth-order valence-electron chi connectivity index (χ4n) is 5.71. The molecule has 1 fully saturated rings. The first kappa shape index (κ1) is 31.8. The number of esters is 1. The van der Waals surface area contributed by atoms with Gasteiger partial charge in [0.15, 0.2) is 5.78 Å². The lowest BCUT2D eigenvalue weighted by molar-refractivity contribution is -0.149. The average Bonchev–Trinajstić information content (AvgIpc) is 2.97. The number of carbonyl (C=O) groups is 2. The molecule has 1 atom stereocenters. The third-order valence-electron chi connectivity index (χ3n) is 8.50. The summed E-state index contributed by atoms with van der Waals surface area (Å²) < 4.78 is 4.75. The Labute approximate surface area is 253 Å². The molecule has 3 aromatic rings. The number of benzene rings is 2. The summed E-state index contributed by atoms with van der Waals surface area (Å²) >= 11 is 0. The smallest absolute Gasteiger partial charge is 0.325 e. The van der Waals surface area contributed by atoms with Crippen LogP contribution in [0.2, 0.25) is 0 Å². The van der Waals surface area contributed by atoms with Gasteiger partial charge in [-0.05, 0) is 60.1 Å². The van der Waals surface area contributed by atoms with Gasteiger partial charge < -0.3 is 19.5 Å². The maximum atomic E-state index is 12.0. The number of fused-ring (bicyclic) bond motifs is 1. The summed E-state index contributed by atoms with van der Waals surface area (Å²) in [5.74, 6) is -0.188. The van der Waals surface area contributed by atoms with Crippen LogP contribution in [0.5, 0.6) is 0 Å². The van der Waals surface area contributed by atoms with Crippen LogP contribution in [-0.2, 0) is 27.3 Å². The van der Waals surface area contributed by atoms with Gasteiger partial charge in [0.1, 0.15) is 5.92 Å². The summed E-state index contributed by atoms with van der Waals surface area (Å²) in [4.78, 5) is 56.4. The van der Waals surface area contributed by atoms with E-state index in [1.165, 1.54) is 29.5 Å². The number of hydrogen-bond donors (Lipinski definition) is 2.